The van der Waals surface area contributed by atoms with E-state index in [2.05, 4.69) is 4.99 Å². The first-order chi connectivity index (χ1) is 18.5. The van der Waals surface area contributed by atoms with Crippen LogP contribution in [0.2, 0.25) is 0 Å². The summed E-state index contributed by atoms with van der Waals surface area (Å²) in [5.74, 6) is -0.0988. The first kappa shape index (κ1) is 27.0. The van der Waals surface area contributed by atoms with Crippen LogP contribution in [-0.2, 0) is 16.1 Å². The Morgan fingerprint density at radius 2 is 1.87 bits per heavy atom. The molecule has 0 saturated carbocycles. The maximum absolute atomic E-state index is 13.3. The number of carbonyl (C=O) groups is 2. The summed E-state index contributed by atoms with van der Waals surface area (Å²) in [4.78, 5) is 31.2. The molecule has 1 aromatic heterocycles. The van der Waals surface area contributed by atoms with Crippen LogP contribution in [0.3, 0.4) is 0 Å². The van der Waals surface area contributed by atoms with Crippen molar-refractivity contribution < 1.29 is 33.3 Å². The molecule has 0 radical (unpaired) electrons. The van der Waals surface area contributed by atoms with Gasteiger partial charge in [-0.2, -0.15) is 0 Å². The average molecular weight is 537 g/mol. The number of carboxylic acids is 1. The van der Waals surface area contributed by atoms with Gasteiger partial charge in [0.25, 0.3) is 5.91 Å². The minimum atomic E-state index is -1.14. The van der Waals surface area contributed by atoms with E-state index in [0.29, 0.717) is 53.7 Å². The molecule has 0 spiro atoms. The molecule has 10 heteroatoms. The van der Waals surface area contributed by atoms with Gasteiger partial charge in [0.15, 0.2) is 16.7 Å². The number of rotatable bonds is 12. The van der Waals surface area contributed by atoms with Crippen LogP contribution in [0.4, 0.5) is 5.69 Å². The van der Waals surface area contributed by atoms with Gasteiger partial charge in [0, 0.05) is 6.61 Å². The minimum Gasteiger partial charge on any atom is -0.490 e. The summed E-state index contributed by atoms with van der Waals surface area (Å²) < 4.78 is 22.3. The number of amides is 1. The zero-order valence-electron chi connectivity index (χ0n) is 21.1. The lowest BCUT2D eigenvalue weighted by Crippen LogP contribution is -2.32. The van der Waals surface area contributed by atoms with E-state index >= 15 is 0 Å². The highest BCUT2D eigenvalue weighted by Crippen LogP contribution is 2.36. The summed E-state index contributed by atoms with van der Waals surface area (Å²) in [6, 6.07) is 17.8. The van der Waals surface area contributed by atoms with E-state index in [4.69, 9.17) is 23.7 Å². The summed E-state index contributed by atoms with van der Waals surface area (Å²) in [7, 11) is 0. The van der Waals surface area contributed by atoms with Crippen molar-refractivity contribution in [3.63, 3.8) is 0 Å². The monoisotopic (exact) mass is 536 g/mol. The molecule has 38 heavy (non-hydrogen) atoms. The van der Waals surface area contributed by atoms with E-state index < -0.39 is 5.97 Å². The molecule has 0 aliphatic carbocycles. The molecular formula is C28H28N2O7S. The first-order valence-electron chi connectivity index (χ1n) is 12.1. The van der Waals surface area contributed by atoms with Crippen molar-refractivity contribution in [2.45, 2.75) is 20.5 Å². The third-order valence-corrected chi connectivity index (χ3v) is 6.35. The van der Waals surface area contributed by atoms with Crippen molar-refractivity contribution >= 4 is 40.6 Å². The molecule has 2 aromatic carbocycles. The number of ether oxygens (including phenoxy) is 3. The van der Waals surface area contributed by atoms with Gasteiger partial charge in [-0.3, -0.25) is 9.69 Å². The second-order valence-electron chi connectivity index (χ2n) is 7.99. The Bertz CT molecular complexity index is 1330. The van der Waals surface area contributed by atoms with E-state index in [1.54, 1.807) is 29.2 Å². The van der Waals surface area contributed by atoms with E-state index in [1.807, 2.05) is 50.2 Å². The number of carbonyl (C=O) groups excluding carboxylic acids is 1. The maximum Gasteiger partial charge on any atom is 0.371 e. The summed E-state index contributed by atoms with van der Waals surface area (Å²) in [5, 5.41) is 9.62. The van der Waals surface area contributed by atoms with Crippen molar-refractivity contribution in [3.05, 3.63) is 82.7 Å². The number of hydrogen-bond acceptors (Lipinski definition) is 8. The standard InChI is InChI=1S/C28H28N2O7S/c1-3-34-15-14-30-26(31)25(38-28(30)29-20-8-6-5-7-9-20)17-19-10-12-22(24(16-19)35-4-2)36-18-21-11-13-23(37-21)27(32)33/h5-13,16-17H,3-4,14-15,18H2,1-2H3,(H,32,33). The number of benzene rings is 2. The smallest absolute Gasteiger partial charge is 0.371 e. The fourth-order valence-corrected chi connectivity index (χ4v) is 4.60. The largest absolute Gasteiger partial charge is 0.490 e. The maximum atomic E-state index is 13.3. The number of amidine groups is 1. The highest BCUT2D eigenvalue weighted by Gasteiger charge is 2.33. The number of aliphatic imine (C=N–C) groups is 1. The molecule has 3 aromatic rings. The Morgan fingerprint density at radius 3 is 2.58 bits per heavy atom. The molecule has 1 aliphatic rings. The van der Waals surface area contributed by atoms with Gasteiger partial charge in [0.1, 0.15) is 12.4 Å². The van der Waals surface area contributed by atoms with Crippen molar-refractivity contribution in [2.24, 2.45) is 4.99 Å². The predicted octanol–water partition coefficient (Wildman–Crippen LogP) is 5.60. The quantitative estimate of drug-likeness (QED) is 0.235. The van der Waals surface area contributed by atoms with Gasteiger partial charge in [0.05, 0.1) is 30.4 Å². The lowest BCUT2D eigenvalue weighted by Gasteiger charge is -2.15. The molecule has 198 valence electrons. The molecule has 1 amide bonds. The molecule has 1 fully saturated rings. The molecule has 9 nitrogen and oxygen atoms in total. The first-order valence-corrected chi connectivity index (χ1v) is 12.9. The Kier molecular flexibility index (Phi) is 9.23. The lowest BCUT2D eigenvalue weighted by atomic mass is 10.2. The SMILES string of the molecule is CCOCCN1C(=O)C(=Cc2ccc(OCc3ccc(C(=O)O)o3)c(OCC)c2)SC1=Nc1ccccc1. The van der Waals surface area contributed by atoms with Crippen LogP contribution in [0.1, 0.15) is 35.7 Å². The molecule has 0 bridgehead atoms. The number of aromatic carboxylic acids is 1. The van der Waals surface area contributed by atoms with Crippen LogP contribution < -0.4 is 9.47 Å². The topological polar surface area (TPSA) is 111 Å². The van der Waals surface area contributed by atoms with Gasteiger partial charge in [-0.25, -0.2) is 9.79 Å². The summed E-state index contributed by atoms with van der Waals surface area (Å²) in [6.07, 6.45) is 1.80. The van der Waals surface area contributed by atoms with Gasteiger partial charge >= 0.3 is 5.97 Å². The summed E-state index contributed by atoms with van der Waals surface area (Å²) in [5.41, 5.74) is 1.52. The fraction of sp³-hybridized carbons (Fsp3) is 0.250. The fourth-order valence-electron chi connectivity index (χ4n) is 3.57. The van der Waals surface area contributed by atoms with Gasteiger partial charge < -0.3 is 23.7 Å². The molecule has 0 atom stereocenters. The molecule has 0 unspecified atom stereocenters. The lowest BCUT2D eigenvalue weighted by molar-refractivity contribution is -0.122. The van der Waals surface area contributed by atoms with E-state index in [0.717, 1.165) is 11.3 Å². The van der Waals surface area contributed by atoms with Crippen LogP contribution in [0.15, 0.2) is 75.0 Å². The Hall–Kier alpha value is -4.02. The molecule has 1 N–H and O–H groups in total. The molecule has 2 heterocycles. The van der Waals surface area contributed by atoms with Crippen LogP contribution >= 0.6 is 11.8 Å². The highest BCUT2D eigenvalue weighted by atomic mass is 32.2. The Morgan fingerprint density at radius 1 is 1.05 bits per heavy atom. The molecule has 1 saturated heterocycles. The van der Waals surface area contributed by atoms with Crippen LogP contribution in [-0.4, -0.2) is 53.4 Å². The highest BCUT2D eigenvalue weighted by molar-refractivity contribution is 8.18. The molecule has 1 aliphatic heterocycles. The second kappa shape index (κ2) is 13.0. The number of nitrogens with zero attached hydrogens (tertiary/aromatic N) is 2. The van der Waals surface area contributed by atoms with Crippen LogP contribution in [0.25, 0.3) is 6.08 Å². The normalized spacial score (nSPS) is 15.4. The average Bonchev–Trinajstić information content (AvgIpc) is 3.50. The summed E-state index contributed by atoms with van der Waals surface area (Å²) in [6.45, 7) is 5.60. The van der Waals surface area contributed by atoms with Crippen molar-refractivity contribution in [1.82, 2.24) is 4.90 Å². The molecular weight excluding hydrogens is 508 g/mol. The zero-order valence-corrected chi connectivity index (χ0v) is 21.9. The van der Waals surface area contributed by atoms with Gasteiger partial charge in [0.2, 0.25) is 5.76 Å². The summed E-state index contributed by atoms with van der Waals surface area (Å²) >= 11 is 1.31. The van der Waals surface area contributed by atoms with Crippen LogP contribution in [0.5, 0.6) is 11.5 Å². The third kappa shape index (κ3) is 6.84. The Balaban J connectivity index is 1.55. The van der Waals surface area contributed by atoms with Gasteiger partial charge in [-0.05, 0) is 73.6 Å². The number of carboxylic acid groups (broad SMARTS) is 1. The number of thioether (sulfide) groups is 1. The van der Waals surface area contributed by atoms with E-state index in [9.17, 15) is 9.59 Å². The predicted molar refractivity (Wildman–Crippen MR) is 145 cm³/mol. The number of furan rings is 1. The zero-order chi connectivity index (χ0) is 26.9. The number of hydrogen-bond donors (Lipinski definition) is 1. The van der Waals surface area contributed by atoms with Gasteiger partial charge in [-0.1, -0.05) is 24.3 Å². The van der Waals surface area contributed by atoms with E-state index in [1.165, 1.54) is 17.8 Å². The van der Waals surface area contributed by atoms with Crippen LogP contribution in [0, 0.1) is 0 Å². The van der Waals surface area contributed by atoms with Gasteiger partial charge in [-0.15, -0.1) is 0 Å². The van der Waals surface area contributed by atoms with Crippen molar-refractivity contribution in [3.8, 4) is 11.5 Å². The number of para-hydroxylation sites is 1. The third-order valence-electron chi connectivity index (χ3n) is 5.34. The van der Waals surface area contributed by atoms with E-state index in [-0.39, 0.29) is 18.3 Å². The van der Waals surface area contributed by atoms with Crippen molar-refractivity contribution in [2.75, 3.05) is 26.4 Å². The second-order valence-corrected chi connectivity index (χ2v) is 9.00. The molecule has 4 rings (SSSR count). The Labute approximate surface area is 224 Å². The van der Waals surface area contributed by atoms with Crippen molar-refractivity contribution in [1.29, 1.82) is 0 Å². The minimum absolute atomic E-state index is 0.0379.